The van der Waals surface area contributed by atoms with E-state index in [1.165, 1.54) is 0 Å². The van der Waals surface area contributed by atoms with Crippen LogP contribution >= 0.6 is 11.6 Å². The third kappa shape index (κ3) is 4.30. The van der Waals surface area contributed by atoms with Crippen molar-refractivity contribution < 1.29 is 9.53 Å². The van der Waals surface area contributed by atoms with Crippen molar-refractivity contribution in [2.75, 3.05) is 19.0 Å². The number of amides is 1. The summed E-state index contributed by atoms with van der Waals surface area (Å²) in [4.78, 5) is 20.6. The molecule has 0 atom stereocenters. The first-order valence-corrected chi connectivity index (χ1v) is 10.8. The van der Waals surface area contributed by atoms with Crippen molar-refractivity contribution in [2.45, 2.75) is 27.2 Å². The first-order chi connectivity index (χ1) is 15.3. The Morgan fingerprint density at radius 3 is 2.81 bits per heavy atom. The summed E-state index contributed by atoms with van der Waals surface area (Å²) in [6, 6.07) is 7.36. The van der Waals surface area contributed by atoms with Crippen LogP contribution in [0.2, 0.25) is 5.02 Å². The molecule has 0 aliphatic carbocycles. The van der Waals surface area contributed by atoms with E-state index in [1.54, 1.807) is 25.6 Å². The number of para-hydroxylation sites is 1. The number of hydrogen-bond acceptors (Lipinski definition) is 4. The molecule has 0 bridgehead atoms. The largest absolute Gasteiger partial charge is 0.493 e. The summed E-state index contributed by atoms with van der Waals surface area (Å²) in [7, 11) is 1.57. The zero-order valence-corrected chi connectivity index (χ0v) is 19.3. The molecule has 7 heteroatoms. The fourth-order valence-corrected chi connectivity index (χ4v) is 3.87. The van der Waals surface area contributed by atoms with E-state index in [-0.39, 0.29) is 11.3 Å². The van der Waals surface area contributed by atoms with Crippen molar-refractivity contribution in [3.63, 3.8) is 0 Å². The van der Waals surface area contributed by atoms with Gasteiger partial charge in [0.25, 0.3) is 5.91 Å². The number of benzene rings is 1. The molecule has 0 saturated carbocycles. The molecule has 0 unspecified atom stereocenters. The molecule has 0 radical (unpaired) electrons. The number of rotatable bonds is 4. The zero-order valence-electron chi connectivity index (χ0n) is 18.5. The highest BCUT2D eigenvalue weighted by molar-refractivity contribution is 6.32. The molecule has 3 N–H and O–H groups in total. The van der Waals surface area contributed by atoms with E-state index >= 15 is 0 Å². The second-order valence-corrected chi connectivity index (χ2v) is 9.01. The van der Waals surface area contributed by atoms with Gasteiger partial charge in [0, 0.05) is 42.0 Å². The fourth-order valence-electron chi connectivity index (χ4n) is 3.62. The van der Waals surface area contributed by atoms with Gasteiger partial charge in [0.1, 0.15) is 0 Å². The van der Waals surface area contributed by atoms with E-state index in [0.29, 0.717) is 40.7 Å². The van der Waals surface area contributed by atoms with Crippen LogP contribution in [0.15, 0.2) is 36.7 Å². The number of fused-ring (bicyclic) bond motifs is 1. The van der Waals surface area contributed by atoms with Gasteiger partial charge in [0.05, 0.1) is 40.3 Å². The lowest BCUT2D eigenvalue weighted by molar-refractivity contribution is 0.0947. The molecule has 6 nitrogen and oxygen atoms in total. The first kappa shape index (κ1) is 21.8. The number of nitrogens with one attached hydrogen (secondary N) is 3. The SMILES string of the molecule is COc1c(Cl)cccc1Nc1c(-c2ccncc2C#CC(C)(C)C)[nH]c2c1C(=O)NCC2. The molecule has 0 saturated heterocycles. The summed E-state index contributed by atoms with van der Waals surface area (Å²) in [5, 5.41) is 6.81. The summed E-state index contributed by atoms with van der Waals surface area (Å²) >= 11 is 6.33. The number of carbonyl (C=O) groups excluding carboxylic acids is 1. The van der Waals surface area contributed by atoms with E-state index in [4.69, 9.17) is 16.3 Å². The van der Waals surface area contributed by atoms with Gasteiger partial charge in [-0.1, -0.05) is 29.5 Å². The number of hydrogen-bond donors (Lipinski definition) is 3. The van der Waals surface area contributed by atoms with Gasteiger partial charge in [0.2, 0.25) is 0 Å². The second-order valence-electron chi connectivity index (χ2n) is 8.60. The molecule has 3 aromatic rings. The van der Waals surface area contributed by atoms with Gasteiger partial charge in [-0.05, 0) is 39.0 Å². The van der Waals surface area contributed by atoms with Crippen molar-refractivity contribution in [1.82, 2.24) is 15.3 Å². The molecule has 1 aliphatic heterocycles. The molecule has 3 heterocycles. The minimum atomic E-state index is -0.156. The summed E-state index contributed by atoms with van der Waals surface area (Å²) in [6.07, 6.45) is 4.18. The number of halogens is 1. The molecular formula is C25H25ClN4O2. The average molecular weight is 449 g/mol. The van der Waals surface area contributed by atoms with Gasteiger partial charge in [-0.15, -0.1) is 0 Å². The monoisotopic (exact) mass is 448 g/mol. The van der Waals surface area contributed by atoms with Crippen LogP contribution in [-0.4, -0.2) is 29.5 Å². The maximum Gasteiger partial charge on any atom is 0.255 e. The van der Waals surface area contributed by atoms with Crippen molar-refractivity contribution >= 4 is 28.9 Å². The molecule has 32 heavy (non-hydrogen) atoms. The quantitative estimate of drug-likeness (QED) is 0.481. The van der Waals surface area contributed by atoms with E-state index in [2.05, 4.69) is 53.2 Å². The highest BCUT2D eigenvalue weighted by Gasteiger charge is 2.28. The zero-order chi connectivity index (χ0) is 22.9. The Bertz CT molecular complexity index is 1250. The van der Waals surface area contributed by atoms with Crippen molar-refractivity contribution in [3.05, 3.63) is 58.5 Å². The van der Waals surface area contributed by atoms with E-state index in [1.807, 2.05) is 18.2 Å². The van der Waals surface area contributed by atoms with Crippen LogP contribution in [0.4, 0.5) is 11.4 Å². The standard InChI is InChI=1S/C25H25ClN4O2/c1-25(2,3)11-8-15-14-27-12-9-16(15)21-22(20-18(29-21)10-13-28-24(20)31)30-19-7-5-6-17(26)23(19)32-4/h5-7,9,12,14,29-30H,10,13H2,1-4H3,(H,28,31). The van der Waals surface area contributed by atoms with Crippen molar-refractivity contribution in [2.24, 2.45) is 5.41 Å². The average Bonchev–Trinajstić information content (AvgIpc) is 3.11. The predicted octanol–water partition coefficient (Wildman–Crippen LogP) is 5.17. The molecule has 1 aliphatic rings. The Balaban J connectivity index is 1.92. The van der Waals surface area contributed by atoms with Crippen LogP contribution < -0.4 is 15.4 Å². The topological polar surface area (TPSA) is 79.0 Å². The summed E-state index contributed by atoms with van der Waals surface area (Å²) in [5.41, 5.74) is 5.04. The normalized spacial score (nSPS) is 13.0. The van der Waals surface area contributed by atoms with E-state index in [0.717, 1.165) is 22.5 Å². The molecule has 164 valence electrons. The molecule has 1 aromatic carbocycles. The van der Waals surface area contributed by atoms with Gasteiger partial charge in [0.15, 0.2) is 5.75 Å². The Labute approximate surface area is 192 Å². The predicted molar refractivity (Wildman–Crippen MR) is 128 cm³/mol. The molecule has 0 spiro atoms. The number of nitrogens with zero attached hydrogens (tertiary/aromatic N) is 1. The molecule has 0 fully saturated rings. The molecule has 4 rings (SSSR count). The van der Waals surface area contributed by atoms with Gasteiger partial charge < -0.3 is 20.4 Å². The van der Waals surface area contributed by atoms with Crippen LogP contribution in [0, 0.1) is 17.3 Å². The van der Waals surface area contributed by atoms with E-state index < -0.39 is 0 Å². The lowest BCUT2D eigenvalue weighted by Crippen LogP contribution is -2.31. The van der Waals surface area contributed by atoms with Crippen LogP contribution in [0.5, 0.6) is 5.75 Å². The maximum atomic E-state index is 12.8. The van der Waals surface area contributed by atoms with Crippen LogP contribution in [0.1, 0.15) is 42.4 Å². The third-order valence-electron chi connectivity index (χ3n) is 5.06. The van der Waals surface area contributed by atoms with Crippen molar-refractivity contribution in [3.8, 4) is 28.8 Å². The number of ether oxygens (including phenoxy) is 1. The molecular weight excluding hydrogens is 424 g/mol. The molecule has 2 aromatic heterocycles. The molecule has 1 amide bonds. The van der Waals surface area contributed by atoms with Gasteiger partial charge in [-0.2, -0.15) is 0 Å². The minimum absolute atomic E-state index is 0.131. The van der Waals surface area contributed by atoms with Crippen LogP contribution in [0.3, 0.4) is 0 Å². The highest BCUT2D eigenvalue weighted by atomic mass is 35.5. The number of aromatic nitrogens is 2. The summed E-state index contributed by atoms with van der Waals surface area (Å²) in [5.74, 6) is 6.91. The maximum absolute atomic E-state index is 12.8. The second kappa shape index (κ2) is 8.60. The number of H-pyrrole nitrogens is 1. The summed E-state index contributed by atoms with van der Waals surface area (Å²) in [6.45, 7) is 6.77. The third-order valence-corrected chi connectivity index (χ3v) is 5.36. The number of anilines is 2. The lowest BCUT2D eigenvalue weighted by atomic mass is 9.96. The fraction of sp³-hybridized carbons (Fsp3) is 0.280. The minimum Gasteiger partial charge on any atom is -0.493 e. The van der Waals surface area contributed by atoms with Crippen LogP contribution in [-0.2, 0) is 6.42 Å². The number of methoxy groups -OCH3 is 1. The number of aromatic amines is 1. The number of carbonyl (C=O) groups is 1. The summed E-state index contributed by atoms with van der Waals surface area (Å²) < 4.78 is 5.50. The smallest absolute Gasteiger partial charge is 0.255 e. The Hall–Kier alpha value is -3.43. The van der Waals surface area contributed by atoms with Gasteiger partial charge in [-0.3, -0.25) is 9.78 Å². The number of pyridine rings is 1. The lowest BCUT2D eigenvalue weighted by Gasteiger charge is -2.17. The Kier molecular flexibility index (Phi) is 5.86. The van der Waals surface area contributed by atoms with Gasteiger partial charge in [-0.25, -0.2) is 0 Å². The van der Waals surface area contributed by atoms with E-state index in [9.17, 15) is 4.79 Å². The van der Waals surface area contributed by atoms with Crippen LogP contribution in [0.25, 0.3) is 11.3 Å². The first-order valence-electron chi connectivity index (χ1n) is 10.4. The Morgan fingerprint density at radius 2 is 2.06 bits per heavy atom. The van der Waals surface area contributed by atoms with Crippen molar-refractivity contribution in [1.29, 1.82) is 0 Å². The Morgan fingerprint density at radius 1 is 1.25 bits per heavy atom. The highest BCUT2D eigenvalue weighted by Crippen LogP contribution is 2.41. The van der Waals surface area contributed by atoms with Gasteiger partial charge >= 0.3 is 0 Å².